The van der Waals surface area contributed by atoms with Crippen LogP contribution in [0.4, 0.5) is 5.82 Å². The first kappa shape index (κ1) is 16.1. The highest BCUT2D eigenvalue weighted by Crippen LogP contribution is 2.23. The van der Waals surface area contributed by atoms with Gasteiger partial charge in [0, 0.05) is 55.8 Å². The average Bonchev–Trinajstić information content (AvgIpc) is 3.03. The number of pyridine rings is 1. The van der Waals surface area contributed by atoms with Gasteiger partial charge in [-0.1, -0.05) is 12.2 Å². The second kappa shape index (κ2) is 7.23. The zero-order valence-electron chi connectivity index (χ0n) is 14.6. The van der Waals surface area contributed by atoms with Gasteiger partial charge in [-0.25, -0.2) is 9.97 Å². The molecule has 0 saturated heterocycles. The van der Waals surface area contributed by atoms with Crippen LogP contribution in [-0.2, 0) is 6.54 Å². The Kier molecular flexibility index (Phi) is 4.47. The molecule has 4 rings (SSSR count). The van der Waals surface area contributed by atoms with E-state index < -0.39 is 0 Å². The fourth-order valence-electron chi connectivity index (χ4n) is 2.87. The molecule has 0 unspecified atom stereocenters. The molecule has 0 fully saturated rings. The lowest BCUT2D eigenvalue weighted by molar-refractivity contribution is 1.03. The van der Waals surface area contributed by atoms with Gasteiger partial charge in [-0.3, -0.25) is 4.98 Å². The summed E-state index contributed by atoms with van der Waals surface area (Å²) in [7, 11) is 1.92. The summed E-state index contributed by atoms with van der Waals surface area (Å²) in [6.45, 7) is 0.666. The van der Waals surface area contributed by atoms with Crippen LogP contribution in [0.25, 0.3) is 11.2 Å². The van der Waals surface area contributed by atoms with Gasteiger partial charge in [0.15, 0.2) is 11.5 Å². The zero-order valence-corrected chi connectivity index (χ0v) is 14.6. The Morgan fingerprint density at radius 1 is 1.19 bits per heavy atom. The summed E-state index contributed by atoms with van der Waals surface area (Å²) in [4.78, 5) is 13.3. The van der Waals surface area contributed by atoms with E-state index in [1.54, 1.807) is 18.6 Å². The highest BCUT2D eigenvalue weighted by atomic mass is 15.1. The van der Waals surface area contributed by atoms with Crippen LogP contribution in [0.3, 0.4) is 0 Å². The number of imidazole rings is 1. The lowest BCUT2D eigenvalue weighted by Crippen LogP contribution is -2.07. The number of hydrogen-bond donors (Lipinski definition) is 2. The molecule has 0 saturated carbocycles. The van der Waals surface area contributed by atoms with Crippen LogP contribution < -0.4 is 10.6 Å². The van der Waals surface area contributed by atoms with Crippen LogP contribution >= 0.6 is 0 Å². The van der Waals surface area contributed by atoms with Crippen molar-refractivity contribution in [3.63, 3.8) is 0 Å². The van der Waals surface area contributed by atoms with E-state index in [9.17, 15) is 0 Å². The summed E-state index contributed by atoms with van der Waals surface area (Å²) in [5.41, 5.74) is 5.01. The van der Waals surface area contributed by atoms with Gasteiger partial charge < -0.3 is 15.0 Å². The predicted molar refractivity (Wildman–Crippen MR) is 103 cm³/mol. The quantitative estimate of drug-likeness (QED) is 0.744. The number of anilines is 1. The highest BCUT2D eigenvalue weighted by molar-refractivity contribution is 5.76. The van der Waals surface area contributed by atoms with Crippen molar-refractivity contribution >= 4 is 17.0 Å². The van der Waals surface area contributed by atoms with Gasteiger partial charge in [-0.2, -0.15) is 0 Å². The second-order valence-corrected chi connectivity index (χ2v) is 5.99. The van der Waals surface area contributed by atoms with Crippen molar-refractivity contribution in [1.29, 1.82) is 0 Å². The summed E-state index contributed by atoms with van der Waals surface area (Å²) < 4.78 is 2.00. The smallest absolute Gasteiger partial charge is 0.180 e. The van der Waals surface area contributed by atoms with E-state index in [-0.39, 0.29) is 0 Å². The minimum absolute atomic E-state index is 0.666. The van der Waals surface area contributed by atoms with Gasteiger partial charge >= 0.3 is 0 Å². The molecule has 1 aliphatic carbocycles. The molecule has 26 heavy (non-hydrogen) atoms. The molecule has 2 N–H and O–H groups in total. The molecule has 0 aromatic carbocycles. The van der Waals surface area contributed by atoms with E-state index in [4.69, 9.17) is 4.98 Å². The second-order valence-electron chi connectivity index (χ2n) is 5.99. The summed E-state index contributed by atoms with van der Waals surface area (Å²) in [5.74, 6) is 0.766. The van der Waals surface area contributed by atoms with Crippen molar-refractivity contribution < 1.29 is 0 Å². The van der Waals surface area contributed by atoms with Crippen LogP contribution in [0.15, 0.2) is 73.1 Å². The molecule has 3 heterocycles. The maximum Gasteiger partial charge on any atom is 0.180 e. The van der Waals surface area contributed by atoms with Gasteiger partial charge in [0.1, 0.15) is 0 Å². The number of hydrogen-bond acceptors (Lipinski definition) is 5. The van der Waals surface area contributed by atoms with Gasteiger partial charge in [-0.05, 0) is 36.3 Å². The number of aromatic nitrogens is 4. The SMILES string of the molecule is CNC1=CC(c2cn3ccnc3c(NCc3ccncc3)n2)=CCC=C1. The van der Waals surface area contributed by atoms with Crippen molar-refractivity contribution in [3.05, 3.63) is 84.4 Å². The first-order chi connectivity index (χ1) is 12.8. The van der Waals surface area contributed by atoms with Crippen LogP contribution in [0.5, 0.6) is 0 Å². The monoisotopic (exact) mass is 344 g/mol. The third kappa shape index (κ3) is 3.35. The van der Waals surface area contributed by atoms with Gasteiger partial charge in [-0.15, -0.1) is 0 Å². The molecule has 0 amide bonds. The van der Waals surface area contributed by atoms with Crippen LogP contribution in [0, 0.1) is 0 Å². The molecule has 0 radical (unpaired) electrons. The Bertz CT molecular complexity index is 998. The highest BCUT2D eigenvalue weighted by Gasteiger charge is 2.11. The molecule has 3 aromatic heterocycles. The molecule has 6 nitrogen and oxygen atoms in total. The van der Waals surface area contributed by atoms with Gasteiger partial charge in [0.25, 0.3) is 0 Å². The van der Waals surface area contributed by atoms with Crippen molar-refractivity contribution in [3.8, 4) is 0 Å². The topological polar surface area (TPSA) is 67.1 Å². The van der Waals surface area contributed by atoms with Gasteiger partial charge in [0.2, 0.25) is 0 Å². The minimum atomic E-state index is 0.666. The van der Waals surface area contributed by atoms with E-state index in [2.05, 4.69) is 44.9 Å². The third-order valence-corrected chi connectivity index (χ3v) is 4.25. The van der Waals surface area contributed by atoms with Crippen molar-refractivity contribution in [1.82, 2.24) is 24.7 Å². The van der Waals surface area contributed by atoms with Crippen molar-refractivity contribution in [2.24, 2.45) is 0 Å². The number of nitrogens with one attached hydrogen (secondary N) is 2. The third-order valence-electron chi connectivity index (χ3n) is 4.25. The molecule has 0 bridgehead atoms. The molecule has 1 aliphatic rings. The van der Waals surface area contributed by atoms with E-state index in [0.29, 0.717) is 6.54 Å². The average molecular weight is 344 g/mol. The van der Waals surface area contributed by atoms with Crippen LogP contribution in [0.1, 0.15) is 17.7 Å². The normalized spacial score (nSPS) is 13.9. The maximum absolute atomic E-state index is 4.84. The molecule has 0 atom stereocenters. The fourth-order valence-corrected chi connectivity index (χ4v) is 2.87. The lowest BCUT2D eigenvalue weighted by Gasteiger charge is -2.11. The molecule has 3 aromatic rings. The summed E-state index contributed by atoms with van der Waals surface area (Å²) >= 11 is 0. The van der Waals surface area contributed by atoms with Crippen LogP contribution in [0.2, 0.25) is 0 Å². The zero-order chi connectivity index (χ0) is 17.8. The van der Waals surface area contributed by atoms with E-state index in [1.807, 2.05) is 36.0 Å². The Labute approximate surface area is 152 Å². The molecule has 6 heteroatoms. The van der Waals surface area contributed by atoms with Crippen molar-refractivity contribution in [2.75, 3.05) is 12.4 Å². The van der Waals surface area contributed by atoms with Crippen LogP contribution in [-0.4, -0.2) is 26.4 Å². The van der Waals surface area contributed by atoms with Crippen molar-refractivity contribution in [2.45, 2.75) is 13.0 Å². The molecular formula is C20H20N6. The first-order valence-electron chi connectivity index (χ1n) is 8.56. The Hall–Kier alpha value is -3.41. The molecule has 0 spiro atoms. The Morgan fingerprint density at radius 3 is 2.92 bits per heavy atom. The fraction of sp³-hybridized carbons (Fsp3) is 0.150. The number of fused-ring (bicyclic) bond motifs is 1. The minimum Gasteiger partial charge on any atom is -0.388 e. The van der Waals surface area contributed by atoms with E-state index in [0.717, 1.165) is 40.4 Å². The Morgan fingerprint density at radius 2 is 2.08 bits per heavy atom. The largest absolute Gasteiger partial charge is 0.388 e. The molecule has 0 aliphatic heterocycles. The summed E-state index contributed by atoms with van der Waals surface area (Å²) in [5, 5.41) is 6.61. The number of likely N-dealkylation sites (N-methyl/N-ethyl adjacent to an activating group) is 1. The van der Waals surface area contributed by atoms with Gasteiger partial charge in [0.05, 0.1) is 5.69 Å². The number of rotatable bonds is 5. The molecule has 130 valence electrons. The van der Waals surface area contributed by atoms with E-state index in [1.165, 1.54) is 0 Å². The summed E-state index contributed by atoms with van der Waals surface area (Å²) in [6.07, 6.45) is 18.7. The lowest BCUT2D eigenvalue weighted by atomic mass is 10.1. The van der Waals surface area contributed by atoms with E-state index >= 15 is 0 Å². The standard InChI is InChI=1S/C20H20N6/c1-21-17-5-3-2-4-16(12-17)18-14-26-11-10-23-20(26)19(25-18)24-13-15-6-8-22-9-7-15/h3-12,14,21H,2,13H2,1H3,(H,24,25). The Balaban J connectivity index is 1.69. The first-order valence-corrected chi connectivity index (χ1v) is 8.56. The number of nitrogens with zero attached hydrogens (tertiary/aromatic N) is 4. The predicted octanol–water partition coefficient (Wildman–Crippen LogP) is 3.18. The molecular weight excluding hydrogens is 324 g/mol. The maximum atomic E-state index is 4.84. The summed E-state index contributed by atoms with van der Waals surface area (Å²) in [6, 6.07) is 3.97. The number of allylic oxidation sites excluding steroid dienone is 5.